The van der Waals surface area contributed by atoms with Crippen molar-refractivity contribution in [3.8, 4) is 0 Å². The number of carbonyl (C=O) groups is 2. The van der Waals surface area contributed by atoms with Crippen LogP contribution in [0.1, 0.15) is 99.8 Å². The van der Waals surface area contributed by atoms with E-state index < -0.39 is 12.2 Å². The van der Waals surface area contributed by atoms with E-state index in [4.69, 9.17) is 0 Å². The van der Waals surface area contributed by atoms with Gasteiger partial charge in [0.05, 0.1) is 6.10 Å². The fourth-order valence-corrected chi connectivity index (χ4v) is 11.0. The molecule has 5 saturated carbocycles. The standard InChI is InChI=1S/C30H46O4/c1-17(2)14-19(31)25(34)18(3)24-20(32)15-28(7)22-9-8-21-26(4,5)23(33)10-11-29(21)16-30(22,29)13-12-27(24,28)6/h14,18,20-22,24-25,32,34H,8-13,15-16H2,1-7H3/t18-,20+,21-,22-,24-,25?,27+,28-,29+,30-/m0/s1. The lowest BCUT2D eigenvalue weighted by Gasteiger charge is -2.62. The van der Waals surface area contributed by atoms with Gasteiger partial charge in [-0.25, -0.2) is 0 Å². The SMILES string of the molecule is CC(C)=CC(=O)C(O)[C@@H](C)[C@H]1[C@H](O)C[C@@]2(C)[C@@H]3CC[C@H]4C(C)(C)C(=O)CC[C@@]45C[C@@]35CC[C@]12C. The van der Waals surface area contributed by atoms with Gasteiger partial charge in [-0.1, -0.05) is 40.2 Å². The highest BCUT2D eigenvalue weighted by molar-refractivity contribution is 5.94. The number of hydrogen-bond donors (Lipinski definition) is 2. The molecule has 2 N–H and O–H groups in total. The molecule has 1 unspecified atom stereocenters. The molecule has 0 bridgehead atoms. The summed E-state index contributed by atoms with van der Waals surface area (Å²) in [5.74, 6) is 0.896. The van der Waals surface area contributed by atoms with Crippen molar-refractivity contribution in [3.63, 3.8) is 0 Å². The van der Waals surface area contributed by atoms with Crippen LogP contribution in [0.3, 0.4) is 0 Å². The van der Waals surface area contributed by atoms with Crippen molar-refractivity contribution < 1.29 is 19.8 Å². The number of rotatable bonds is 4. The number of fused-ring (bicyclic) bond motifs is 2. The van der Waals surface area contributed by atoms with Gasteiger partial charge in [-0.2, -0.15) is 0 Å². The molecule has 10 atom stereocenters. The Labute approximate surface area is 206 Å². The Balaban J connectivity index is 1.47. The first-order valence-electron chi connectivity index (χ1n) is 13.8. The molecule has 5 aliphatic carbocycles. The number of allylic oxidation sites excluding steroid dienone is 1. The number of Topliss-reactive ketones (excluding diaryl/α,β-unsaturated/α-hetero) is 1. The number of ketones is 2. The molecule has 0 aromatic rings. The second kappa shape index (κ2) is 7.28. The van der Waals surface area contributed by atoms with Crippen LogP contribution in [0.2, 0.25) is 0 Å². The average molecular weight is 471 g/mol. The Morgan fingerprint density at radius 3 is 2.26 bits per heavy atom. The fourth-order valence-electron chi connectivity index (χ4n) is 11.0. The van der Waals surface area contributed by atoms with E-state index in [-0.39, 0.29) is 33.9 Å². The number of hydrogen-bond acceptors (Lipinski definition) is 4. The lowest BCUT2D eigenvalue weighted by atomic mass is 9.42. The molecule has 5 rings (SSSR count). The Kier molecular flexibility index (Phi) is 5.28. The summed E-state index contributed by atoms with van der Waals surface area (Å²) in [6, 6.07) is 0. The van der Waals surface area contributed by atoms with Gasteiger partial charge in [-0.15, -0.1) is 0 Å². The molecule has 0 amide bonds. The molecule has 4 nitrogen and oxygen atoms in total. The second-order valence-corrected chi connectivity index (χ2v) is 14.4. The summed E-state index contributed by atoms with van der Waals surface area (Å²) in [5.41, 5.74) is 1.19. The van der Waals surface area contributed by atoms with E-state index in [1.807, 2.05) is 20.8 Å². The van der Waals surface area contributed by atoms with Gasteiger partial charge in [0.2, 0.25) is 0 Å². The van der Waals surface area contributed by atoms with E-state index in [1.54, 1.807) is 6.08 Å². The van der Waals surface area contributed by atoms with Gasteiger partial charge in [0.15, 0.2) is 5.78 Å². The van der Waals surface area contributed by atoms with Gasteiger partial charge < -0.3 is 10.2 Å². The van der Waals surface area contributed by atoms with Crippen LogP contribution in [0.25, 0.3) is 0 Å². The van der Waals surface area contributed by atoms with E-state index in [0.717, 1.165) is 44.1 Å². The van der Waals surface area contributed by atoms with Gasteiger partial charge in [-0.05, 0) is 110 Å². The topological polar surface area (TPSA) is 74.6 Å². The van der Waals surface area contributed by atoms with Crippen LogP contribution < -0.4 is 0 Å². The van der Waals surface area contributed by atoms with E-state index in [0.29, 0.717) is 28.4 Å². The van der Waals surface area contributed by atoms with Crippen LogP contribution in [0.4, 0.5) is 0 Å². The van der Waals surface area contributed by atoms with Gasteiger partial charge in [-0.3, -0.25) is 9.59 Å². The van der Waals surface area contributed by atoms with Crippen molar-refractivity contribution in [2.45, 2.75) is 112 Å². The molecular formula is C30H46O4. The van der Waals surface area contributed by atoms with Gasteiger partial charge in [0.25, 0.3) is 0 Å². The maximum absolute atomic E-state index is 12.8. The van der Waals surface area contributed by atoms with E-state index >= 15 is 0 Å². The Morgan fingerprint density at radius 1 is 1.00 bits per heavy atom. The lowest BCUT2D eigenvalue weighted by Crippen LogP contribution is -2.57. The minimum Gasteiger partial charge on any atom is -0.393 e. The number of aliphatic hydroxyl groups excluding tert-OH is 2. The van der Waals surface area contributed by atoms with Crippen LogP contribution in [0.5, 0.6) is 0 Å². The minimum absolute atomic E-state index is 0.0110. The summed E-state index contributed by atoms with van der Waals surface area (Å²) in [6.07, 6.45) is 8.25. The smallest absolute Gasteiger partial charge is 0.184 e. The zero-order valence-corrected chi connectivity index (χ0v) is 22.4. The van der Waals surface area contributed by atoms with Gasteiger partial charge >= 0.3 is 0 Å². The van der Waals surface area contributed by atoms with Crippen molar-refractivity contribution in [1.29, 1.82) is 0 Å². The number of carbonyl (C=O) groups excluding carboxylic acids is 2. The summed E-state index contributed by atoms with van der Waals surface area (Å²) in [4.78, 5) is 25.5. The summed E-state index contributed by atoms with van der Waals surface area (Å²) in [7, 11) is 0. The predicted molar refractivity (Wildman–Crippen MR) is 133 cm³/mol. The molecule has 2 spiro atoms. The van der Waals surface area contributed by atoms with Gasteiger partial charge in [0.1, 0.15) is 11.9 Å². The minimum atomic E-state index is -1.07. The summed E-state index contributed by atoms with van der Waals surface area (Å²) in [6.45, 7) is 14.9. The summed E-state index contributed by atoms with van der Waals surface area (Å²) >= 11 is 0. The molecule has 190 valence electrons. The first-order valence-corrected chi connectivity index (χ1v) is 13.8. The second-order valence-electron chi connectivity index (χ2n) is 14.4. The highest BCUT2D eigenvalue weighted by Gasteiger charge is 2.82. The zero-order chi connectivity index (χ0) is 25.1. The van der Waals surface area contributed by atoms with Crippen LogP contribution in [-0.4, -0.2) is 34.0 Å². The third-order valence-corrected chi connectivity index (χ3v) is 12.7. The normalized spacial score (nSPS) is 50.2. The van der Waals surface area contributed by atoms with Crippen molar-refractivity contribution in [1.82, 2.24) is 0 Å². The molecule has 5 aliphatic rings. The molecule has 0 aromatic carbocycles. The Hall–Kier alpha value is -1.00. The quantitative estimate of drug-likeness (QED) is 0.532. The van der Waals surface area contributed by atoms with Crippen LogP contribution >= 0.6 is 0 Å². The van der Waals surface area contributed by atoms with Crippen molar-refractivity contribution in [2.75, 3.05) is 0 Å². The fraction of sp³-hybridized carbons (Fsp3) is 0.867. The monoisotopic (exact) mass is 470 g/mol. The molecular weight excluding hydrogens is 424 g/mol. The Bertz CT molecular complexity index is 945. The highest BCUT2D eigenvalue weighted by Crippen LogP contribution is 2.88. The summed E-state index contributed by atoms with van der Waals surface area (Å²) < 4.78 is 0. The first-order chi connectivity index (χ1) is 15.7. The van der Waals surface area contributed by atoms with Crippen molar-refractivity contribution in [3.05, 3.63) is 11.6 Å². The van der Waals surface area contributed by atoms with Crippen LogP contribution in [-0.2, 0) is 9.59 Å². The molecule has 0 radical (unpaired) electrons. The predicted octanol–water partition coefficient (Wildman–Crippen LogP) is 5.50. The third-order valence-electron chi connectivity index (χ3n) is 12.7. The van der Waals surface area contributed by atoms with Gasteiger partial charge in [0, 0.05) is 11.8 Å². The Morgan fingerprint density at radius 2 is 1.62 bits per heavy atom. The number of aliphatic hydroxyl groups is 2. The van der Waals surface area contributed by atoms with E-state index in [1.165, 1.54) is 12.8 Å². The molecule has 0 aliphatic heterocycles. The van der Waals surface area contributed by atoms with E-state index in [9.17, 15) is 19.8 Å². The largest absolute Gasteiger partial charge is 0.393 e. The van der Waals surface area contributed by atoms with Crippen molar-refractivity contribution in [2.24, 2.45) is 50.7 Å². The van der Waals surface area contributed by atoms with Crippen molar-refractivity contribution >= 4 is 11.6 Å². The third kappa shape index (κ3) is 2.79. The maximum atomic E-state index is 12.8. The molecule has 0 heterocycles. The lowest BCUT2D eigenvalue weighted by molar-refractivity contribution is -0.160. The molecule has 5 fully saturated rings. The maximum Gasteiger partial charge on any atom is 0.184 e. The van der Waals surface area contributed by atoms with Crippen LogP contribution in [0.15, 0.2) is 11.6 Å². The molecule has 34 heavy (non-hydrogen) atoms. The molecule has 4 heteroatoms. The zero-order valence-electron chi connectivity index (χ0n) is 22.4. The van der Waals surface area contributed by atoms with E-state index in [2.05, 4.69) is 27.7 Å². The molecule has 0 aromatic heterocycles. The molecule has 0 saturated heterocycles. The first kappa shape index (κ1) is 24.7. The van der Waals surface area contributed by atoms with Crippen LogP contribution in [0, 0.1) is 50.7 Å². The highest BCUT2D eigenvalue weighted by atomic mass is 16.3. The average Bonchev–Trinajstić information content (AvgIpc) is 3.35. The summed E-state index contributed by atoms with van der Waals surface area (Å²) in [5, 5.41) is 22.5.